The normalized spacial score (nSPS) is 20.9. The minimum absolute atomic E-state index is 0.0823. The van der Waals surface area contributed by atoms with Crippen LogP contribution in [0.15, 0.2) is 18.2 Å². The molecule has 0 saturated carbocycles. The molecule has 2 aromatic heterocycles. The Morgan fingerprint density at radius 1 is 1.19 bits per heavy atom. The summed E-state index contributed by atoms with van der Waals surface area (Å²) in [5.41, 5.74) is 4.36. The second-order valence-corrected chi connectivity index (χ2v) is 10.3. The molecule has 8 nitrogen and oxygen atoms in total. The molecule has 1 unspecified atom stereocenters. The van der Waals surface area contributed by atoms with Crippen LogP contribution in [0.25, 0.3) is 5.65 Å². The van der Waals surface area contributed by atoms with Crippen LogP contribution in [-0.2, 0) is 17.8 Å². The fourth-order valence-corrected chi connectivity index (χ4v) is 5.73. The van der Waals surface area contributed by atoms with Crippen LogP contribution >= 0.6 is 11.6 Å². The van der Waals surface area contributed by atoms with Gasteiger partial charge in [0.25, 0.3) is 5.91 Å². The molecule has 0 spiro atoms. The summed E-state index contributed by atoms with van der Waals surface area (Å²) in [7, 11) is 0. The van der Waals surface area contributed by atoms with E-state index in [2.05, 4.69) is 15.0 Å². The second kappa shape index (κ2) is 9.28. The Labute approximate surface area is 213 Å². The standard InChI is InChI=1S/C26H29ClFN5O3/c1-15-24(27)16(2)33-25(29-15)21-13-32(14-22(21)30-33)26(34)20-4-3-17(28)11-23(20)36-19-5-8-31(12-19)18-6-9-35-10-7-18/h3-4,11,18-19H,5-10,12-14H2,1-2H3. The van der Waals surface area contributed by atoms with E-state index in [1.165, 1.54) is 18.2 Å². The number of aryl methyl sites for hydroxylation is 2. The zero-order valence-electron chi connectivity index (χ0n) is 20.5. The van der Waals surface area contributed by atoms with Crippen molar-refractivity contribution >= 4 is 23.2 Å². The summed E-state index contributed by atoms with van der Waals surface area (Å²) in [5.74, 6) is -0.327. The predicted molar refractivity (Wildman–Crippen MR) is 132 cm³/mol. The van der Waals surface area contributed by atoms with Crippen LogP contribution in [0.5, 0.6) is 5.75 Å². The first-order valence-electron chi connectivity index (χ1n) is 12.5. The molecule has 10 heteroatoms. The number of fused-ring (bicyclic) bond motifs is 3. The van der Waals surface area contributed by atoms with Crippen molar-refractivity contribution in [2.24, 2.45) is 0 Å². The Bertz CT molecular complexity index is 1340. The molecule has 2 fully saturated rings. The minimum atomic E-state index is -0.421. The molecule has 0 N–H and O–H groups in total. The number of amides is 1. The lowest BCUT2D eigenvalue weighted by Gasteiger charge is -2.30. The summed E-state index contributed by atoms with van der Waals surface area (Å²) in [4.78, 5) is 22.3. The minimum Gasteiger partial charge on any atom is -0.488 e. The Kier molecular flexibility index (Phi) is 6.09. The molecule has 1 atom stereocenters. The average Bonchev–Trinajstić information content (AvgIpc) is 3.59. The first-order chi connectivity index (χ1) is 17.4. The van der Waals surface area contributed by atoms with Gasteiger partial charge in [0.2, 0.25) is 0 Å². The molecule has 0 aliphatic carbocycles. The van der Waals surface area contributed by atoms with E-state index >= 15 is 0 Å². The Morgan fingerprint density at radius 3 is 2.81 bits per heavy atom. The number of rotatable bonds is 4. The van der Waals surface area contributed by atoms with Crippen LogP contribution < -0.4 is 4.74 Å². The fraction of sp³-hybridized carbons (Fsp3) is 0.500. The Morgan fingerprint density at radius 2 is 2.00 bits per heavy atom. The number of halogens is 2. The molecule has 0 radical (unpaired) electrons. The predicted octanol–water partition coefficient (Wildman–Crippen LogP) is 3.93. The smallest absolute Gasteiger partial charge is 0.258 e. The number of nitrogens with zero attached hydrogens (tertiary/aromatic N) is 5. The highest BCUT2D eigenvalue weighted by atomic mass is 35.5. The maximum Gasteiger partial charge on any atom is 0.258 e. The molecule has 1 aromatic carbocycles. The molecular formula is C26H29ClFN5O3. The number of hydrogen-bond donors (Lipinski definition) is 0. The Balaban J connectivity index is 1.20. The SMILES string of the molecule is Cc1nc2c3c(nn2c(C)c1Cl)CN(C(=O)c1ccc(F)cc1OC1CCN(C2CCOCC2)C1)C3. The Hall–Kier alpha value is -2.75. The topological polar surface area (TPSA) is 72.2 Å². The molecule has 3 aliphatic heterocycles. The van der Waals surface area contributed by atoms with Crippen LogP contribution in [0.3, 0.4) is 0 Å². The van der Waals surface area contributed by atoms with Crippen LogP contribution in [0, 0.1) is 19.7 Å². The quantitative estimate of drug-likeness (QED) is 0.526. The van der Waals surface area contributed by atoms with Crippen molar-refractivity contribution in [3.63, 3.8) is 0 Å². The molecule has 190 valence electrons. The van der Waals surface area contributed by atoms with E-state index in [0.29, 0.717) is 35.5 Å². The van der Waals surface area contributed by atoms with Gasteiger partial charge in [0.05, 0.1) is 40.8 Å². The van der Waals surface area contributed by atoms with E-state index in [-0.39, 0.29) is 12.0 Å². The summed E-state index contributed by atoms with van der Waals surface area (Å²) in [6, 6.07) is 4.66. The molecule has 3 aromatic rings. The van der Waals surface area contributed by atoms with E-state index in [1.807, 2.05) is 13.8 Å². The van der Waals surface area contributed by atoms with Gasteiger partial charge in [-0.05, 0) is 45.2 Å². The molecule has 2 saturated heterocycles. The lowest BCUT2D eigenvalue weighted by atomic mass is 10.1. The van der Waals surface area contributed by atoms with Crippen molar-refractivity contribution in [3.8, 4) is 5.75 Å². The van der Waals surface area contributed by atoms with Crippen molar-refractivity contribution in [3.05, 3.63) is 57.2 Å². The summed E-state index contributed by atoms with van der Waals surface area (Å²) in [6.45, 7) is 7.79. The molecule has 0 bridgehead atoms. The zero-order chi connectivity index (χ0) is 25.0. The molecule has 1 amide bonds. The molecule has 5 heterocycles. The molecular weight excluding hydrogens is 485 g/mol. The zero-order valence-corrected chi connectivity index (χ0v) is 21.2. The van der Waals surface area contributed by atoms with Crippen molar-refractivity contribution in [1.82, 2.24) is 24.4 Å². The third kappa shape index (κ3) is 4.13. The number of benzene rings is 1. The van der Waals surface area contributed by atoms with Crippen LogP contribution in [-0.4, -0.2) is 68.8 Å². The number of carbonyl (C=O) groups excluding carboxylic acids is 1. The van der Waals surface area contributed by atoms with E-state index in [1.54, 1.807) is 9.42 Å². The van der Waals surface area contributed by atoms with Crippen molar-refractivity contribution in [1.29, 1.82) is 0 Å². The van der Waals surface area contributed by atoms with E-state index in [4.69, 9.17) is 21.1 Å². The van der Waals surface area contributed by atoms with Crippen molar-refractivity contribution in [2.75, 3.05) is 26.3 Å². The maximum atomic E-state index is 14.2. The number of likely N-dealkylation sites (tertiary alicyclic amines) is 1. The average molecular weight is 514 g/mol. The summed E-state index contributed by atoms with van der Waals surface area (Å²) >= 11 is 6.35. The monoisotopic (exact) mass is 513 g/mol. The van der Waals surface area contributed by atoms with Gasteiger partial charge in [0.1, 0.15) is 17.7 Å². The third-order valence-corrected chi connectivity index (χ3v) is 8.14. The summed E-state index contributed by atoms with van der Waals surface area (Å²) < 4.78 is 27.7. The maximum absolute atomic E-state index is 14.2. The second-order valence-electron chi connectivity index (χ2n) is 9.93. The molecule has 3 aliphatic rings. The number of aromatic nitrogens is 3. The molecule has 6 rings (SSSR count). The number of ether oxygens (including phenoxy) is 2. The van der Waals surface area contributed by atoms with Gasteiger partial charge < -0.3 is 14.4 Å². The van der Waals surface area contributed by atoms with Crippen LogP contribution in [0.4, 0.5) is 4.39 Å². The highest BCUT2D eigenvalue weighted by Gasteiger charge is 2.34. The van der Waals surface area contributed by atoms with Gasteiger partial charge in [-0.2, -0.15) is 5.10 Å². The fourth-order valence-electron chi connectivity index (χ4n) is 5.61. The van der Waals surface area contributed by atoms with Gasteiger partial charge in [-0.1, -0.05) is 11.6 Å². The van der Waals surface area contributed by atoms with Crippen molar-refractivity contribution in [2.45, 2.75) is 58.3 Å². The largest absolute Gasteiger partial charge is 0.488 e. The van der Waals surface area contributed by atoms with E-state index in [0.717, 1.165) is 73.9 Å². The first kappa shape index (κ1) is 23.6. The highest BCUT2D eigenvalue weighted by molar-refractivity contribution is 6.31. The lowest BCUT2D eigenvalue weighted by Crippen LogP contribution is -2.38. The highest BCUT2D eigenvalue weighted by Crippen LogP contribution is 2.32. The van der Waals surface area contributed by atoms with Gasteiger partial charge in [0.15, 0.2) is 5.65 Å². The van der Waals surface area contributed by atoms with E-state index < -0.39 is 5.82 Å². The first-order valence-corrected chi connectivity index (χ1v) is 12.9. The van der Waals surface area contributed by atoms with Crippen LogP contribution in [0.2, 0.25) is 5.02 Å². The van der Waals surface area contributed by atoms with Crippen molar-refractivity contribution < 1.29 is 18.7 Å². The van der Waals surface area contributed by atoms with Gasteiger partial charge in [0, 0.05) is 44.0 Å². The van der Waals surface area contributed by atoms with Gasteiger partial charge >= 0.3 is 0 Å². The lowest BCUT2D eigenvalue weighted by molar-refractivity contribution is 0.0386. The van der Waals surface area contributed by atoms with Crippen LogP contribution in [0.1, 0.15) is 52.3 Å². The summed E-state index contributed by atoms with van der Waals surface area (Å²) in [5, 5.41) is 5.25. The molecule has 36 heavy (non-hydrogen) atoms. The van der Waals surface area contributed by atoms with Gasteiger partial charge in [-0.3, -0.25) is 9.69 Å². The van der Waals surface area contributed by atoms with E-state index in [9.17, 15) is 9.18 Å². The number of carbonyl (C=O) groups is 1. The van der Waals surface area contributed by atoms with Gasteiger partial charge in [-0.15, -0.1) is 0 Å². The number of hydrogen-bond acceptors (Lipinski definition) is 6. The third-order valence-electron chi connectivity index (χ3n) is 7.59. The summed E-state index contributed by atoms with van der Waals surface area (Å²) in [6.07, 6.45) is 2.81. The van der Waals surface area contributed by atoms with Gasteiger partial charge in [-0.25, -0.2) is 13.9 Å².